The summed E-state index contributed by atoms with van der Waals surface area (Å²) >= 11 is 0. The normalized spacial score (nSPS) is 23.5. The van der Waals surface area contributed by atoms with Crippen molar-refractivity contribution in [2.24, 2.45) is 5.92 Å². The van der Waals surface area contributed by atoms with Crippen molar-refractivity contribution in [1.29, 1.82) is 0 Å². The number of carboxylic acids is 1. The minimum Gasteiger partial charge on any atom is -0.508 e. The molecule has 0 bridgehead atoms. The van der Waals surface area contributed by atoms with Gasteiger partial charge in [0.25, 0.3) is 0 Å². The Kier molecular flexibility index (Phi) is 3.10. The van der Waals surface area contributed by atoms with Crippen molar-refractivity contribution >= 4 is 12.3 Å². The summed E-state index contributed by atoms with van der Waals surface area (Å²) < 4.78 is 0. The molecule has 2 atom stereocenters. The first-order valence-electron chi connectivity index (χ1n) is 5.36. The summed E-state index contributed by atoms with van der Waals surface area (Å²) in [7, 11) is 0. The van der Waals surface area contributed by atoms with Crippen LogP contribution < -0.4 is 5.32 Å². The molecule has 0 saturated carbocycles. The number of carbonyl (C=O) groups is 2. The van der Waals surface area contributed by atoms with Crippen LogP contribution in [0.2, 0.25) is 0 Å². The fourth-order valence-corrected chi connectivity index (χ4v) is 2.13. The number of carbonyl (C=O) groups excluding carboxylic acids is 1. The molecule has 1 aliphatic heterocycles. The Morgan fingerprint density at radius 3 is 2.82 bits per heavy atom. The zero-order valence-corrected chi connectivity index (χ0v) is 9.09. The second-order valence-corrected chi connectivity index (χ2v) is 4.16. The van der Waals surface area contributed by atoms with Crippen LogP contribution in [-0.4, -0.2) is 29.0 Å². The number of aldehydes is 1. The molecule has 0 aliphatic carbocycles. The molecular formula is C12H13NO4. The van der Waals surface area contributed by atoms with Gasteiger partial charge in [-0.15, -0.1) is 0 Å². The molecule has 1 heterocycles. The van der Waals surface area contributed by atoms with Gasteiger partial charge in [0, 0.05) is 18.2 Å². The lowest BCUT2D eigenvalue weighted by atomic mass is 9.96. The number of hydrogen-bond donors (Lipinski definition) is 3. The number of phenols is 1. The molecular weight excluding hydrogens is 222 g/mol. The highest BCUT2D eigenvalue weighted by Crippen LogP contribution is 2.31. The molecule has 3 N–H and O–H groups in total. The van der Waals surface area contributed by atoms with Crippen molar-refractivity contribution in [2.75, 3.05) is 6.54 Å². The van der Waals surface area contributed by atoms with E-state index in [1.807, 2.05) is 0 Å². The lowest BCUT2D eigenvalue weighted by molar-refractivity contribution is -0.141. The molecule has 5 nitrogen and oxygen atoms in total. The minimum absolute atomic E-state index is 0.0752. The van der Waals surface area contributed by atoms with Crippen molar-refractivity contribution in [3.63, 3.8) is 0 Å². The Labute approximate surface area is 98.1 Å². The van der Waals surface area contributed by atoms with Gasteiger partial charge in [-0.1, -0.05) is 0 Å². The van der Waals surface area contributed by atoms with Gasteiger partial charge in [0.2, 0.25) is 0 Å². The molecule has 17 heavy (non-hydrogen) atoms. The van der Waals surface area contributed by atoms with E-state index < -0.39 is 11.9 Å². The topological polar surface area (TPSA) is 86.6 Å². The Morgan fingerprint density at radius 2 is 2.24 bits per heavy atom. The number of hydrogen-bond acceptors (Lipinski definition) is 4. The summed E-state index contributed by atoms with van der Waals surface area (Å²) in [6.07, 6.45) is 1.14. The van der Waals surface area contributed by atoms with Crippen LogP contribution in [0.15, 0.2) is 18.2 Å². The monoisotopic (exact) mass is 235 g/mol. The quantitative estimate of drug-likeness (QED) is 0.679. The SMILES string of the molecule is O=Cc1ccc(O)cc1C1CC(C(=O)O)CN1. The molecule has 0 spiro atoms. The summed E-state index contributed by atoms with van der Waals surface area (Å²) in [5, 5.41) is 21.4. The number of carboxylic acid groups (broad SMARTS) is 1. The predicted molar refractivity (Wildman–Crippen MR) is 60.0 cm³/mol. The number of nitrogens with one attached hydrogen (secondary N) is 1. The predicted octanol–water partition coefficient (Wildman–Crippen LogP) is 0.940. The first kappa shape index (κ1) is 11.6. The zero-order chi connectivity index (χ0) is 12.4. The van der Waals surface area contributed by atoms with E-state index >= 15 is 0 Å². The molecule has 1 saturated heterocycles. The summed E-state index contributed by atoms with van der Waals surface area (Å²) in [5.41, 5.74) is 1.13. The van der Waals surface area contributed by atoms with Gasteiger partial charge in [-0.05, 0) is 30.2 Å². The Hall–Kier alpha value is -1.88. The molecule has 0 amide bonds. The maximum Gasteiger partial charge on any atom is 0.307 e. The molecule has 1 aliphatic rings. The molecule has 90 valence electrons. The van der Waals surface area contributed by atoms with E-state index in [9.17, 15) is 14.7 Å². The second kappa shape index (κ2) is 4.55. The largest absolute Gasteiger partial charge is 0.508 e. The highest BCUT2D eigenvalue weighted by Gasteiger charge is 2.31. The van der Waals surface area contributed by atoms with E-state index in [4.69, 9.17) is 5.11 Å². The maximum atomic E-state index is 10.9. The first-order chi connectivity index (χ1) is 8.11. The van der Waals surface area contributed by atoms with Gasteiger partial charge in [-0.3, -0.25) is 9.59 Å². The van der Waals surface area contributed by atoms with Crippen LogP contribution in [0.3, 0.4) is 0 Å². The van der Waals surface area contributed by atoms with Crippen molar-refractivity contribution in [3.05, 3.63) is 29.3 Å². The molecule has 1 aromatic rings. The van der Waals surface area contributed by atoms with Crippen LogP contribution in [0, 0.1) is 5.92 Å². The third-order valence-corrected chi connectivity index (χ3v) is 3.05. The van der Waals surface area contributed by atoms with Gasteiger partial charge in [0.05, 0.1) is 5.92 Å². The third kappa shape index (κ3) is 2.29. The van der Waals surface area contributed by atoms with Crippen molar-refractivity contribution in [1.82, 2.24) is 5.32 Å². The summed E-state index contributed by atoms with van der Waals surface area (Å²) in [4.78, 5) is 21.7. The number of aromatic hydroxyl groups is 1. The van der Waals surface area contributed by atoms with Crippen LogP contribution in [0.4, 0.5) is 0 Å². The summed E-state index contributed by atoms with van der Waals surface area (Å²) in [6, 6.07) is 4.29. The number of phenolic OH excluding ortho intramolecular Hbond substituents is 1. The van der Waals surface area contributed by atoms with Crippen LogP contribution in [0.1, 0.15) is 28.4 Å². The van der Waals surface area contributed by atoms with Gasteiger partial charge >= 0.3 is 5.97 Å². The number of aliphatic carboxylic acids is 1. The van der Waals surface area contributed by atoms with Gasteiger partial charge in [-0.25, -0.2) is 0 Å². The summed E-state index contributed by atoms with van der Waals surface area (Å²) in [5.74, 6) is -1.21. The van der Waals surface area contributed by atoms with E-state index in [0.717, 1.165) is 0 Å². The zero-order valence-electron chi connectivity index (χ0n) is 9.09. The van der Waals surface area contributed by atoms with E-state index in [0.29, 0.717) is 30.4 Å². The van der Waals surface area contributed by atoms with Crippen LogP contribution >= 0.6 is 0 Å². The number of benzene rings is 1. The van der Waals surface area contributed by atoms with Gasteiger partial charge in [0.15, 0.2) is 0 Å². The average Bonchev–Trinajstić information content (AvgIpc) is 2.78. The Balaban J connectivity index is 2.26. The van der Waals surface area contributed by atoms with Gasteiger partial charge in [0.1, 0.15) is 12.0 Å². The van der Waals surface area contributed by atoms with E-state index in [2.05, 4.69) is 5.32 Å². The van der Waals surface area contributed by atoms with E-state index in [1.165, 1.54) is 18.2 Å². The van der Waals surface area contributed by atoms with Crippen LogP contribution in [-0.2, 0) is 4.79 Å². The molecule has 0 aromatic heterocycles. The van der Waals surface area contributed by atoms with E-state index in [-0.39, 0.29) is 11.8 Å². The second-order valence-electron chi connectivity index (χ2n) is 4.16. The molecule has 2 rings (SSSR count). The van der Waals surface area contributed by atoms with Crippen molar-refractivity contribution < 1.29 is 19.8 Å². The van der Waals surface area contributed by atoms with Crippen LogP contribution in [0.25, 0.3) is 0 Å². The van der Waals surface area contributed by atoms with E-state index in [1.54, 1.807) is 0 Å². The Bertz CT molecular complexity index is 458. The lowest BCUT2D eigenvalue weighted by Crippen LogP contribution is -2.17. The average molecular weight is 235 g/mol. The van der Waals surface area contributed by atoms with Crippen molar-refractivity contribution in [2.45, 2.75) is 12.5 Å². The highest BCUT2D eigenvalue weighted by atomic mass is 16.4. The molecule has 5 heteroatoms. The summed E-state index contributed by atoms with van der Waals surface area (Å²) in [6.45, 7) is 0.383. The van der Waals surface area contributed by atoms with Crippen LogP contribution in [0.5, 0.6) is 5.75 Å². The van der Waals surface area contributed by atoms with Crippen molar-refractivity contribution in [3.8, 4) is 5.75 Å². The highest BCUT2D eigenvalue weighted by molar-refractivity contribution is 5.78. The maximum absolute atomic E-state index is 10.9. The first-order valence-corrected chi connectivity index (χ1v) is 5.36. The minimum atomic E-state index is -0.840. The molecule has 0 radical (unpaired) electrons. The number of rotatable bonds is 3. The smallest absolute Gasteiger partial charge is 0.307 e. The van der Waals surface area contributed by atoms with Gasteiger partial charge < -0.3 is 15.5 Å². The van der Waals surface area contributed by atoms with Gasteiger partial charge in [-0.2, -0.15) is 0 Å². The fourth-order valence-electron chi connectivity index (χ4n) is 2.13. The lowest BCUT2D eigenvalue weighted by Gasteiger charge is -2.13. The molecule has 2 unspecified atom stereocenters. The fraction of sp³-hybridized carbons (Fsp3) is 0.333. The third-order valence-electron chi connectivity index (χ3n) is 3.05. The Morgan fingerprint density at radius 1 is 1.47 bits per heavy atom. The molecule has 1 fully saturated rings. The standard InChI is InChI=1S/C12H13NO4/c14-6-7-1-2-9(15)4-10(7)11-3-8(5-13-11)12(16)17/h1-2,4,6,8,11,13,15H,3,5H2,(H,16,17). The molecule has 1 aromatic carbocycles.